The summed E-state index contributed by atoms with van der Waals surface area (Å²) < 4.78 is 32.0. The van der Waals surface area contributed by atoms with E-state index in [-0.39, 0.29) is 16.8 Å². The molecule has 0 heterocycles. The molecule has 0 atom stereocenters. The minimum atomic E-state index is -3.50. The number of hydrogen-bond acceptors (Lipinski definition) is 3. The number of nitrogens with zero attached hydrogens (tertiary/aromatic N) is 1. The summed E-state index contributed by atoms with van der Waals surface area (Å²) in [7, 11) is -1.96. The molecule has 0 saturated heterocycles. The lowest BCUT2D eigenvalue weighted by Gasteiger charge is -2.25. The Morgan fingerprint density at radius 2 is 2.00 bits per heavy atom. The third-order valence-corrected chi connectivity index (χ3v) is 5.38. The highest BCUT2D eigenvalue weighted by molar-refractivity contribution is 7.89. The van der Waals surface area contributed by atoms with Gasteiger partial charge in [-0.2, -0.15) is 4.31 Å². The van der Waals surface area contributed by atoms with Crippen LogP contribution in [-0.4, -0.2) is 32.4 Å². The Bertz CT molecular complexity index is 543. The first kappa shape index (κ1) is 17.3. The number of halogens is 1. The fourth-order valence-corrected chi connectivity index (χ4v) is 4.02. The van der Waals surface area contributed by atoms with E-state index in [0.717, 1.165) is 6.42 Å². The highest BCUT2D eigenvalue weighted by Gasteiger charge is 2.26. The molecular formula is C14H22ClNO3S. The highest BCUT2D eigenvalue weighted by Crippen LogP contribution is 2.26. The second-order valence-electron chi connectivity index (χ2n) is 4.82. The summed E-state index contributed by atoms with van der Waals surface area (Å²) in [6.07, 6.45) is 0.774. The summed E-state index contributed by atoms with van der Waals surface area (Å²) in [6.45, 7) is 6.21. The molecule has 0 spiro atoms. The van der Waals surface area contributed by atoms with E-state index >= 15 is 0 Å². The van der Waals surface area contributed by atoms with E-state index in [9.17, 15) is 8.42 Å². The van der Waals surface area contributed by atoms with Gasteiger partial charge in [-0.15, -0.1) is 11.6 Å². The average molecular weight is 320 g/mol. The van der Waals surface area contributed by atoms with Gasteiger partial charge < -0.3 is 4.74 Å². The molecule has 0 fully saturated rings. The van der Waals surface area contributed by atoms with Gasteiger partial charge in [0.15, 0.2) is 0 Å². The van der Waals surface area contributed by atoms with Crippen LogP contribution >= 0.6 is 11.6 Å². The molecule has 114 valence electrons. The zero-order valence-corrected chi connectivity index (χ0v) is 14.0. The molecule has 1 aromatic carbocycles. The number of benzene rings is 1. The predicted octanol–water partition coefficient (Wildman–Crippen LogP) is 3.24. The Morgan fingerprint density at radius 1 is 1.35 bits per heavy atom. The van der Waals surface area contributed by atoms with Crippen LogP contribution in [-0.2, 0) is 15.9 Å². The van der Waals surface area contributed by atoms with Crippen LogP contribution < -0.4 is 4.74 Å². The Morgan fingerprint density at radius 3 is 2.45 bits per heavy atom. The normalized spacial score (nSPS) is 12.2. The van der Waals surface area contributed by atoms with E-state index < -0.39 is 10.0 Å². The number of sulfonamides is 1. The fourth-order valence-electron chi connectivity index (χ4n) is 2.03. The molecule has 1 aromatic rings. The molecule has 1 rings (SSSR count). The summed E-state index contributed by atoms with van der Waals surface area (Å²) in [5.74, 6) is 0.813. The van der Waals surface area contributed by atoms with Crippen LogP contribution in [0, 0.1) is 0 Å². The quantitative estimate of drug-likeness (QED) is 0.725. The number of alkyl halides is 1. The lowest BCUT2D eigenvalue weighted by atomic mass is 10.2. The SMILES string of the molecule is CCCN(C(C)C)S(=O)(=O)c1ccc(OC)c(CCl)c1. The molecule has 0 saturated carbocycles. The van der Waals surface area contributed by atoms with Crippen molar-refractivity contribution in [2.75, 3.05) is 13.7 Å². The van der Waals surface area contributed by atoms with E-state index in [0.29, 0.717) is 17.9 Å². The van der Waals surface area contributed by atoms with Gasteiger partial charge in [0.05, 0.1) is 17.9 Å². The lowest BCUT2D eigenvalue weighted by molar-refractivity contribution is 0.354. The second-order valence-corrected chi connectivity index (χ2v) is 6.97. The van der Waals surface area contributed by atoms with Gasteiger partial charge >= 0.3 is 0 Å². The predicted molar refractivity (Wildman–Crippen MR) is 81.9 cm³/mol. The zero-order chi connectivity index (χ0) is 15.3. The molecule has 0 bridgehead atoms. The summed E-state index contributed by atoms with van der Waals surface area (Å²) in [4.78, 5) is 0.260. The molecule has 0 aromatic heterocycles. The smallest absolute Gasteiger partial charge is 0.243 e. The number of rotatable bonds is 7. The minimum absolute atomic E-state index is 0.0819. The van der Waals surface area contributed by atoms with Crippen LogP contribution in [0.2, 0.25) is 0 Å². The Balaban J connectivity index is 3.27. The summed E-state index contributed by atoms with van der Waals surface area (Å²) in [5, 5.41) is 0. The van der Waals surface area contributed by atoms with Gasteiger partial charge in [-0.05, 0) is 38.5 Å². The molecule has 0 radical (unpaired) electrons. The number of ether oxygens (including phenoxy) is 1. The molecule has 0 aliphatic rings. The third kappa shape index (κ3) is 3.65. The van der Waals surface area contributed by atoms with Gasteiger partial charge in [0.2, 0.25) is 10.0 Å². The van der Waals surface area contributed by atoms with Crippen LogP contribution in [0.25, 0.3) is 0 Å². The maximum absolute atomic E-state index is 12.7. The molecular weight excluding hydrogens is 298 g/mol. The van der Waals surface area contributed by atoms with Crippen LogP contribution in [0.1, 0.15) is 32.8 Å². The first-order chi connectivity index (χ1) is 9.38. The van der Waals surface area contributed by atoms with Crippen LogP contribution in [0.5, 0.6) is 5.75 Å². The fraction of sp³-hybridized carbons (Fsp3) is 0.571. The van der Waals surface area contributed by atoms with Gasteiger partial charge in [-0.25, -0.2) is 8.42 Å². The monoisotopic (exact) mass is 319 g/mol. The third-order valence-electron chi connectivity index (χ3n) is 3.02. The summed E-state index contributed by atoms with van der Waals surface area (Å²) >= 11 is 5.85. The molecule has 0 aliphatic heterocycles. The summed E-state index contributed by atoms with van der Waals surface area (Å²) in [6, 6.07) is 4.72. The molecule has 0 amide bonds. The number of hydrogen-bond donors (Lipinski definition) is 0. The average Bonchev–Trinajstić information content (AvgIpc) is 2.43. The van der Waals surface area contributed by atoms with Crippen LogP contribution in [0.3, 0.4) is 0 Å². The van der Waals surface area contributed by atoms with E-state index in [1.165, 1.54) is 11.4 Å². The van der Waals surface area contributed by atoms with E-state index in [2.05, 4.69) is 0 Å². The molecule has 0 N–H and O–H groups in total. The van der Waals surface area contributed by atoms with Crippen LogP contribution in [0.15, 0.2) is 23.1 Å². The van der Waals surface area contributed by atoms with Gasteiger partial charge in [0.25, 0.3) is 0 Å². The molecule has 0 unspecified atom stereocenters. The Kier molecular flexibility index (Phi) is 6.30. The van der Waals surface area contributed by atoms with Gasteiger partial charge in [0.1, 0.15) is 5.75 Å². The first-order valence-electron chi connectivity index (χ1n) is 6.63. The maximum atomic E-state index is 12.7. The Hall–Kier alpha value is -0.780. The van der Waals surface area contributed by atoms with Crippen molar-refractivity contribution in [1.29, 1.82) is 0 Å². The zero-order valence-electron chi connectivity index (χ0n) is 12.4. The van der Waals surface area contributed by atoms with Crippen molar-refractivity contribution in [1.82, 2.24) is 4.31 Å². The van der Waals surface area contributed by atoms with E-state index in [1.54, 1.807) is 18.2 Å². The van der Waals surface area contributed by atoms with Gasteiger partial charge in [-0.3, -0.25) is 0 Å². The van der Waals surface area contributed by atoms with Crippen molar-refractivity contribution < 1.29 is 13.2 Å². The van der Waals surface area contributed by atoms with Crippen molar-refractivity contribution in [2.24, 2.45) is 0 Å². The molecule has 0 aliphatic carbocycles. The standard InChI is InChI=1S/C14H22ClNO3S/c1-5-8-16(11(2)3)20(17,18)13-6-7-14(19-4)12(9-13)10-15/h6-7,9,11H,5,8,10H2,1-4H3. The van der Waals surface area contributed by atoms with Crippen molar-refractivity contribution in [3.05, 3.63) is 23.8 Å². The Labute approximate surface area is 126 Å². The van der Waals surface area contributed by atoms with Crippen molar-refractivity contribution in [3.8, 4) is 5.75 Å². The summed E-state index contributed by atoms with van der Waals surface area (Å²) in [5.41, 5.74) is 0.676. The molecule has 6 heteroatoms. The maximum Gasteiger partial charge on any atom is 0.243 e. The van der Waals surface area contributed by atoms with Crippen LogP contribution in [0.4, 0.5) is 0 Å². The lowest BCUT2D eigenvalue weighted by Crippen LogP contribution is -2.37. The van der Waals surface area contributed by atoms with Crippen molar-refractivity contribution in [2.45, 2.75) is 44.0 Å². The molecule has 4 nitrogen and oxygen atoms in total. The van der Waals surface area contributed by atoms with E-state index in [1.807, 2.05) is 20.8 Å². The molecule has 20 heavy (non-hydrogen) atoms. The number of methoxy groups -OCH3 is 1. The minimum Gasteiger partial charge on any atom is -0.496 e. The van der Waals surface area contributed by atoms with E-state index in [4.69, 9.17) is 16.3 Å². The van der Waals surface area contributed by atoms with Crippen molar-refractivity contribution >= 4 is 21.6 Å². The topological polar surface area (TPSA) is 46.6 Å². The second kappa shape index (κ2) is 7.29. The van der Waals surface area contributed by atoms with Gasteiger partial charge in [-0.1, -0.05) is 6.92 Å². The highest BCUT2D eigenvalue weighted by atomic mass is 35.5. The van der Waals surface area contributed by atoms with Crippen molar-refractivity contribution in [3.63, 3.8) is 0 Å². The first-order valence-corrected chi connectivity index (χ1v) is 8.60. The van der Waals surface area contributed by atoms with Gasteiger partial charge in [0, 0.05) is 18.2 Å². The largest absolute Gasteiger partial charge is 0.496 e.